The number of thioether (sulfide) groups is 1. The number of amides is 1. The molecule has 1 saturated heterocycles. The van der Waals surface area contributed by atoms with Gasteiger partial charge in [0.1, 0.15) is 0 Å². The predicted octanol–water partition coefficient (Wildman–Crippen LogP) is 4.90. The van der Waals surface area contributed by atoms with Gasteiger partial charge in [0, 0.05) is 4.47 Å². The monoisotopic (exact) mass is 544 g/mol. The van der Waals surface area contributed by atoms with Crippen LogP contribution in [0, 0.1) is 0 Å². The molecule has 0 spiro atoms. The fourth-order valence-electron chi connectivity index (χ4n) is 4.10. The largest absolute Gasteiger partial charge is 0.493 e. The highest BCUT2D eigenvalue weighted by atomic mass is 79.9. The molecule has 2 aliphatic rings. The van der Waals surface area contributed by atoms with Crippen molar-refractivity contribution in [2.45, 2.75) is 31.6 Å². The van der Waals surface area contributed by atoms with Gasteiger partial charge in [0.05, 0.1) is 43.4 Å². The third-order valence-corrected chi connectivity index (χ3v) is 7.38. The van der Waals surface area contributed by atoms with Crippen LogP contribution in [0.3, 0.4) is 0 Å². The zero-order valence-corrected chi connectivity index (χ0v) is 21.7. The van der Waals surface area contributed by atoms with Crippen molar-refractivity contribution in [3.8, 4) is 11.5 Å². The molecule has 178 valence electrons. The molecule has 2 aromatic carbocycles. The zero-order valence-electron chi connectivity index (χ0n) is 19.3. The molecule has 0 bridgehead atoms. The van der Waals surface area contributed by atoms with E-state index in [0.29, 0.717) is 39.9 Å². The highest BCUT2D eigenvalue weighted by molar-refractivity contribution is 9.10. The third-order valence-electron chi connectivity index (χ3n) is 5.70. The van der Waals surface area contributed by atoms with Gasteiger partial charge < -0.3 is 14.2 Å². The number of benzene rings is 2. The van der Waals surface area contributed by atoms with Gasteiger partial charge in [-0.05, 0) is 55.7 Å². The Morgan fingerprint density at radius 3 is 2.47 bits per heavy atom. The lowest BCUT2D eigenvalue weighted by Gasteiger charge is -2.33. The molecule has 0 aliphatic carbocycles. The van der Waals surface area contributed by atoms with Crippen molar-refractivity contribution >= 4 is 44.7 Å². The number of ether oxygens (including phenoxy) is 3. The van der Waals surface area contributed by atoms with Gasteiger partial charge in [0.2, 0.25) is 5.91 Å². The molecule has 0 radical (unpaired) electrons. The van der Waals surface area contributed by atoms with Gasteiger partial charge in [-0.1, -0.05) is 45.9 Å². The van der Waals surface area contributed by atoms with E-state index in [-0.39, 0.29) is 17.8 Å². The zero-order chi connectivity index (χ0) is 24.4. The van der Waals surface area contributed by atoms with Crippen molar-refractivity contribution in [1.29, 1.82) is 0 Å². The van der Waals surface area contributed by atoms with Crippen LogP contribution in [-0.2, 0) is 20.7 Å². The smallest absolute Gasteiger partial charge is 0.338 e. The first-order chi connectivity index (χ1) is 16.4. The molecule has 2 atom stereocenters. The maximum atomic E-state index is 13.7. The third kappa shape index (κ3) is 4.59. The summed E-state index contributed by atoms with van der Waals surface area (Å²) in [5, 5.41) is 0.231. The molecule has 2 aromatic rings. The summed E-state index contributed by atoms with van der Waals surface area (Å²) in [5.41, 5.74) is 2.64. The fraction of sp³-hybridized carbons (Fsp3) is 0.320. The normalized spacial score (nSPS) is 19.6. The summed E-state index contributed by atoms with van der Waals surface area (Å²) in [6.45, 7) is 3.75. The first-order valence-corrected chi connectivity index (χ1v) is 12.5. The Bertz CT molecular complexity index is 1180. The number of hydrogen-bond donors (Lipinski definition) is 0. The van der Waals surface area contributed by atoms with E-state index in [1.807, 2.05) is 30.3 Å². The topological polar surface area (TPSA) is 77.4 Å². The Balaban J connectivity index is 1.76. The number of fused-ring (bicyclic) bond motifs is 1. The maximum Gasteiger partial charge on any atom is 0.338 e. The predicted molar refractivity (Wildman–Crippen MR) is 135 cm³/mol. The Morgan fingerprint density at radius 2 is 1.82 bits per heavy atom. The number of carbonyl (C=O) groups is 2. The lowest BCUT2D eigenvalue weighted by Crippen LogP contribution is -2.41. The summed E-state index contributed by atoms with van der Waals surface area (Å²) in [7, 11) is 3.11. The van der Waals surface area contributed by atoms with Crippen LogP contribution in [0.25, 0.3) is 0 Å². The molecule has 7 nitrogen and oxygen atoms in total. The molecular formula is C25H25BrN2O5S. The summed E-state index contributed by atoms with van der Waals surface area (Å²) in [6.07, 6.45) is 0.554. The summed E-state index contributed by atoms with van der Waals surface area (Å²) >= 11 is 4.87. The Kier molecular flexibility index (Phi) is 7.33. The van der Waals surface area contributed by atoms with Crippen LogP contribution >= 0.6 is 27.7 Å². The quantitative estimate of drug-likeness (QED) is 0.461. The minimum Gasteiger partial charge on any atom is -0.493 e. The Hall–Kier alpha value is -2.78. The van der Waals surface area contributed by atoms with E-state index in [9.17, 15) is 9.59 Å². The van der Waals surface area contributed by atoms with E-state index in [1.165, 1.54) is 11.8 Å². The molecular weight excluding hydrogens is 520 g/mol. The number of amidine groups is 1. The summed E-state index contributed by atoms with van der Waals surface area (Å²) in [5.74, 6) is 0.484. The second kappa shape index (κ2) is 10.2. The number of halogens is 1. The molecule has 2 aliphatic heterocycles. The van der Waals surface area contributed by atoms with Crippen molar-refractivity contribution in [2.75, 3.05) is 20.8 Å². The summed E-state index contributed by atoms with van der Waals surface area (Å²) in [4.78, 5) is 33.0. The average Bonchev–Trinajstić information content (AvgIpc) is 3.13. The number of allylic oxidation sites excluding steroid dienone is 1. The average molecular weight is 545 g/mol. The molecule has 2 heterocycles. The molecule has 0 saturated carbocycles. The fourth-order valence-corrected chi connectivity index (χ4v) is 5.61. The second-order valence-corrected chi connectivity index (χ2v) is 9.86. The summed E-state index contributed by atoms with van der Waals surface area (Å²) < 4.78 is 17.2. The SMILES string of the molecule is CCOC(=O)C1=C(C)N=C2S[C@@H](Cc3ccc(Br)cc3)C(=O)N2C1c1ccc(OC)c(OC)c1. The van der Waals surface area contributed by atoms with Crippen molar-refractivity contribution in [3.05, 3.63) is 69.3 Å². The molecule has 1 unspecified atom stereocenters. The maximum absolute atomic E-state index is 13.7. The van der Waals surface area contributed by atoms with Gasteiger partial charge in [0.15, 0.2) is 16.7 Å². The number of rotatable bonds is 7. The van der Waals surface area contributed by atoms with E-state index in [4.69, 9.17) is 14.2 Å². The lowest BCUT2D eigenvalue weighted by molar-refractivity contribution is -0.139. The van der Waals surface area contributed by atoms with E-state index >= 15 is 0 Å². The number of carbonyl (C=O) groups excluding carboxylic acids is 2. The van der Waals surface area contributed by atoms with E-state index in [1.54, 1.807) is 45.1 Å². The Morgan fingerprint density at radius 1 is 1.12 bits per heavy atom. The van der Waals surface area contributed by atoms with Crippen molar-refractivity contribution in [1.82, 2.24) is 4.90 Å². The minimum absolute atomic E-state index is 0.0965. The van der Waals surface area contributed by atoms with Crippen LogP contribution in [0.5, 0.6) is 11.5 Å². The lowest BCUT2D eigenvalue weighted by atomic mass is 9.93. The van der Waals surface area contributed by atoms with Gasteiger partial charge in [-0.2, -0.15) is 0 Å². The second-order valence-electron chi connectivity index (χ2n) is 7.78. The van der Waals surface area contributed by atoms with Gasteiger partial charge >= 0.3 is 5.97 Å². The number of hydrogen-bond acceptors (Lipinski definition) is 7. The van der Waals surface area contributed by atoms with Crippen LogP contribution in [0.2, 0.25) is 0 Å². The highest BCUT2D eigenvalue weighted by Crippen LogP contribution is 2.45. The molecule has 4 rings (SSSR count). The number of aliphatic imine (C=N–C) groups is 1. The van der Waals surface area contributed by atoms with Crippen molar-refractivity contribution in [3.63, 3.8) is 0 Å². The molecule has 0 N–H and O–H groups in total. The standard InChI is InChI=1S/C25H25BrN2O5S/c1-5-33-24(30)21-14(2)27-25-28(22(21)16-8-11-18(31-3)19(13-16)32-4)23(29)20(34-25)12-15-6-9-17(26)10-7-15/h6-11,13,20,22H,5,12H2,1-4H3/t20-,22?/m0/s1. The van der Waals surface area contributed by atoms with Crippen LogP contribution in [0.15, 0.2) is 63.2 Å². The van der Waals surface area contributed by atoms with Gasteiger partial charge in [-0.3, -0.25) is 9.69 Å². The molecule has 1 fully saturated rings. The van der Waals surface area contributed by atoms with Crippen LogP contribution < -0.4 is 9.47 Å². The number of methoxy groups -OCH3 is 2. The molecule has 34 heavy (non-hydrogen) atoms. The molecule has 1 amide bonds. The molecule has 0 aromatic heterocycles. The summed E-state index contributed by atoms with van der Waals surface area (Å²) in [6, 6.07) is 12.6. The van der Waals surface area contributed by atoms with E-state index in [0.717, 1.165) is 10.0 Å². The van der Waals surface area contributed by atoms with Gasteiger partial charge in [-0.15, -0.1) is 0 Å². The number of nitrogens with zero attached hydrogens (tertiary/aromatic N) is 2. The van der Waals surface area contributed by atoms with E-state index in [2.05, 4.69) is 20.9 Å². The van der Waals surface area contributed by atoms with Crippen molar-refractivity contribution in [2.24, 2.45) is 4.99 Å². The van der Waals surface area contributed by atoms with Crippen LogP contribution in [0.1, 0.15) is 31.0 Å². The first-order valence-electron chi connectivity index (χ1n) is 10.8. The van der Waals surface area contributed by atoms with E-state index < -0.39 is 12.0 Å². The highest BCUT2D eigenvalue weighted by Gasteiger charge is 2.47. The minimum atomic E-state index is -0.679. The Labute approximate surface area is 211 Å². The van der Waals surface area contributed by atoms with Gasteiger partial charge in [-0.25, -0.2) is 9.79 Å². The van der Waals surface area contributed by atoms with Crippen LogP contribution in [0.4, 0.5) is 0 Å². The number of esters is 1. The van der Waals surface area contributed by atoms with Crippen LogP contribution in [-0.4, -0.2) is 48.0 Å². The molecule has 9 heteroatoms. The first kappa shape index (κ1) is 24.3. The van der Waals surface area contributed by atoms with Gasteiger partial charge in [0.25, 0.3) is 0 Å². The van der Waals surface area contributed by atoms with Crippen molar-refractivity contribution < 1.29 is 23.8 Å².